The molecule has 27 heavy (non-hydrogen) atoms. The maximum absolute atomic E-state index is 2.38. The topological polar surface area (TPSA) is 0 Å². The summed E-state index contributed by atoms with van der Waals surface area (Å²) >= 11 is 0. The lowest BCUT2D eigenvalue weighted by Gasteiger charge is -2.02. The van der Waals surface area contributed by atoms with Gasteiger partial charge in [-0.1, -0.05) is 132 Å². The van der Waals surface area contributed by atoms with E-state index in [0.717, 1.165) is 6.42 Å². The second-order valence-corrected chi connectivity index (χ2v) is 8.03. The van der Waals surface area contributed by atoms with E-state index in [-0.39, 0.29) is 0 Å². The van der Waals surface area contributed by atoms with E-state index in [1.165, 1.54) is 99.8 Å². The summed E-state index contributed by atoms with van der Waals surface area (Å²) in [6.07, 6.45) is 24.2. The molecule has 0 fully saturated rings. The summed E-state index contributed by atoms with van der Waals surface area (Å²) in [5.41, 5.74) is 1.42. The molecule has 0 heterocycles. The van der Waals surface area contributed by atoms with Crippen molar-refractivity contribution in [3.63, 3.8) is 0 Å². The summed E-state index contributed by atoms with van der Waals surface area (Å²) in [5.74, 6) is 0. The highest BCUT2D eigenvalue weighted by molar-refractivity contribution is 5.83. The predicted octanol–water partition coefficient (Wildman–Crippen LogP) is 9.03. The third kappa shape index (κ3) is 9.80. The largest absolute Gasteiger partial charge is 0.0882 e. The van der Waals surface area contributed by atoms with E-state index in [2.05, 4.69) is 61.5 Å². The summed E-state index contributed by atoms with van der Waals surface area (Å²) in [6.45, 7) is 2.29. The fourth-order valence-corrected chi connectivity index (χ4v) is 3.81. The van der Waals surface area contributed by atoms with Crippen LogP contribution in [0.4, 0.5) is 0 Å². The molecule has 148 valence electrons. The quantitative estimate of drug-likeness (QED) is 0.218. The lowest BCUT2D eigenvalue weighted by molar-refractivity contribution is 0.545. The molecule has 0 saturated heterocycles. The molecule has 0 atom stereocenters. The molecule has 0 unspecified atom stereocenters. The zero-order valence-corrected chi connectivity index (χ0v) is 17.6. The molecular formula is C27H40. The highest BCUT2D eigenvalue weighted by atomic mass is 14.0. The Labute approximate surface area is 168 Å². The molecule has 0 aliphatic carbocycles. The van der Waals surface area contributed by atoms with E-state index >= 15 is 0 Å². The zero-order chi connectivity index (χ0) is 19.0. The summed E-state index contributed by atoms with van der Waals surface area (Å²) in [7, 11) is 0. The molecular weight excluding hydrogens is 324 g/mol. The molecule has 0 N–H and O–H groups in total. The predicted molar refractivity (Wildman–Crippen MR) is 122 cm³/mol. The minimum atomic E-state index is 1.06. The van der Waals surface area contributed by atoms with Crippen LogP contribution in [0.1, 0.15) is 96.0 Å². The Morgan fingerprint density at radius 1 is 0.593 bits per heavy atom. The van der Waals surface area contributed by atoms with E-state index in [1.807, 2.05) is 0 Å². The molecule has 0 saturated carbocycles. The van der Waals surface area contributed by atoms with E-state index in [9.17, 15) is 0 Å². The van der Waals surface area contributed by atoms with Gasteiger partial charge in [0.2, 0.25) is 0 Å². The molecule has 2 rings (SSSR count). The average molecular weight is 365 g/mol. The Morgan fingerprint density at radius 2 is 1.19 bits per heavy atom. The second-order valence-electron chi connectivity index (χ2n) is 8.03. The van der Waals surface area contributed by atoms with E-state index in [1.54, 1.807) is 0 Å². The van der Waals surface area contributed by atoms with Gasteiger partial charge in [0.25, 0.3) is 0 Å². The first-order valence-electron chi connectivity index (χ1n) is 11.5. The van der Waals surface area contributed by atoms with Crippen LogP contribution in [0.5, 0.6) is 0 Å². The highest BCUT2D eigenvalue weighted by Gasteiger charge is 1.95. The Hall–Kier alpha value is -1.56. The molecule has 0 heteroatoms. The van der Waals surface area contributed by atoms with Crippen LogP contribution in [-0.4, -0.2) is 0 Å². The summed E-state index contributed by atoms with van der Waals surface area (Å²) < 4.78 is 0. The Bertz CT molecular complexity index is 637. The monoisotopic (exact) mass is 364 g/mol. The molecule has 0 radical (unpaired) electrons. The summed E-state index contributed by atoms with van der Waals surface area (Å²) in [4.78, 5) is 0. The van der Waals surface area contributed by atoms with Crippen molar-refractivity contribution in [2.45, 2.75) is 96.8 Å². The van der Waals surface area contributed by atoms with Crippen molar-refractivity contribution >= 4 is 10.8 Å². The van der Waals surface area contributed by atoms with Gasteiger partial charge in [-0.05, 0) is 35.6 Å². The van der Waals surface area contributed by atoms with Gasteiger partial charge < -0.3 is 0 Å². The maximum atomic E-state index is 2.38. The fraction of sp³-hybridized carbons (Fsp3) is 0.556. The van der Waals surface area contributed by atoms with Crippen molar-refractivity contribution in [1.29, 1.82) is 0 Å². The number of hydrogen-bond acceptors (Lipinski definition) is 0. The Balaban J connectivity index is 1.42. The van der Waals surface area contributed by atoms with Crippen LogP contribution in [0.3, 0.4) is 0 Å². The fourth-order valence-electron chi connectivity index (χ4n) is 3.81. The average Bonchev–Trinajstić information content (AvgIpc) is 2.71. The Morgan fingerprint density at radius 3 is 1.85 bits per heavy atom. The van der Waals surface area contributed by atoms with Crippen molar-refractivity contribution in [3.8, 4) is 0 Å². The Kier molecular flexibility index (Phi) is 11.7. The SMILES string of the molecule is CCCCCCCCCCCCCC/C=C/Cc1ccc2ccccc2c1. The number of fused-ring (bicyclic) bond motifs is 1. The number of benzene rings is 2. The van der Waals surface area contributed by atoms with Gasteiger partial charge in [-0.15, -0.1) is 0 Å². The minimum Gasteiger partial charge on any atom is -0.0882 e. The molecule has 0 aliphatic rings. The van der Waals surface area contributed by atoms with Crippen LogP contribution in [0.15, 0.2) is 54.6 Å². The second kappa shape index (κ2) is 14.5. The number of rotatable bonds is 15. The van der Waals surface area contributed by atoms with Gasteiger partial charge in [0.15, 0.2) is 0 Å². The van der Waals surface area contributed by atoms with Crippen LogP contribution in [-0.2, 0) is 6.42 Å². The molecule has 0 aliphatic heterocycles. The van der Waals surface area contributed by atoms with E-state index < -0.39 is 0 Å². The normalized spacial score (nSPS) is 11.6. The third-order valence-corrected chi connectivity index (χ3v) is 5.56. The van der Waals surface area contributed by atoms with Crippen molar-refractivity contribution in [3.05, 3.63) is 60.2 Å². The number of allylic oxidation sites excluding steroid dienone is 2. The zero-order valence-electron chi connectivity index (χ0n) is 17.6. The lowest BCUT2D eigenvalue weighted by atomic mass is 10.0. The first-order valence-corrected chi connectivity index (χ1v) is 11.5. The van der Waals surface area contributed by atoms with Gasteiger partial charge >= 0.3 is 0 Å². The smallest absolute Gasteiger partial charge is 0.00972 e. The number of unbranched alkanes of at least 4 members (excludes halogenated alkanes) is 12. The van der Waals surface area contributed by atoms with Gasteiger partial charge in [0, 0.05) is 0 Å². The van der Waals surface area contributed by atoms with Crippen molar-refractivity contribution in [2.24, 2.45) is 0 Å². The maximum Gasteiger partial charge on any atom is -0.00972 e. The van der Waals surface area contributed by atoms with Crippen LogP contribution in [0, 0.1) is 0 Å². The van der Waals surface area contributed by atoms with Crippen molar-refractivity contribution in [1.82, 2.24) is 0 Å². The van der Waals surface area contributed by atoms with Gasteiger partial charge in [-0.25, -0.2) is 0 Å². The van der Waals surface area contributed by atoms with Gasteiger partial charge in [0.1, 0.15) is 0 Å². The molecule has 0 spiro atoms. The highest BCUT2D eigenvalue weighted by Crippen LogP contribution is 2.16. The van der Waals surface area contributed by atoms with E-state index in [0.29, 0.717) is 0 Å². The first kappa shape index (κ1) is 21.7. The summed E-state index contributed by atoms with van der Waals surface area (Å²) in [6, 6.07) is 15.4. The lowest BCUT2D eigenvalue weighted by Crippen LogP contribution is -1.83. The van der Waals surface area contributed by atoms with Crippen LogP contribution < -0.4 is 0 Å². The minimum absolute atomic E-state index is 1.06. The van der Waals surface area contributed by atoms with Gasteiger partial charge in [0.05, 0.1) is 0 Å². The van der Waals surface area contributed by atoms with Crippen LogP contribution >= 0.6 is 0 Å². The van der Waals surface area contributed by atoms with Crippen molar-refractivity contribution in [2.75, 3.05) is 0 Å². The van der Waals surface area contributed by atoms with E-state index in [4.69, 9.17) is 0 Å². The molecule has 0 bridgehead atoms. The van der Waals surface area contributed by atoms with Crippen LogP contribution in [0.2, 0.25) is 0 Å². The molecule has 0 nitrogen and oxygen atoms in total. The van der Waals surface area contributed by atoms with Gasteiger partial charge in [-0.3, -0.25) is 0 Å². The van der Waals surface area contributed by atoms with Gasteiger partial charge in [-0.2, -0.15) is 0 Å². The molecule has 2 aromatic carbocycles. The molecule has 2 aromatic rings. The molecule has 0 aromatic heterocycles. The number of hydrogen-bond donors (Lipinski definition) is 0. The summed E-state index contributed by atoms with van der Waals surface area (Å²) in [5, 5.41) is 2.69. The van der Waals surface area contributed by atoms with Crippen LogP contribution in [0.25, 0.3) is 10.8 Å². The standard InChI is InChI=1S/C27H40/c1-2-3-4-5-6-7-8-9-10-11-12-13-14-15-16-19-25-22-23-26-20-17-18-21-27(26)24-25/h15-18,20-24H,2-14,19H2,1H3/b16-15+. The first-order chi connectivity index (χ1) is 13.4. The van der Waals surface area contributed by atoms with Crippen molar-refractivity contribution < 1.29 is 0 Å². The third-order valence-electron chi connectivity index (χ3n) is 5.56. The molecule has 0 amide bonds.